The predicted octanol–water partition coefficient (Wildman–Crippen LogP) is 3.15. The Morgan fingerprint density at radius 1 is 1.20 bits per heavy atom. The first-order chi connectivity index (χ1) is 7.11. The van der Waals surface area contributed by atoms with Gasteiger partial charge >= 0.3 is 0 Å². The van der Waals surface area contributed by atoms with Crippen LogP contribution in [0.3, 0.4) is 0 Å². The molecular weight excluding hydrogens is 182 g/mol. The second-order valence-electron chi connectivity index (χ2n) is 4.59. The minimum absolute atomic E-state index is 0.623. The van der Waals surface area contributed by atoms with Crippen LogP contribution in [-0.2, 0) is 6.42 Å². The molecule has 1 radical (unpaired) electrons. The van der Waals surface area contributed by atoms with E-state index in [2.05, 4.69) is 56.9 Å². The van der Waals surface area contributed by atoms with Gasteiger partial charge in [0.15, 0.2) is 0 Å². The number of benzene rings is 1. The average Bonchev–Trinajstić information content (AvgIpc) is 2.18. The maximum atomic E-state index is 3.12. The van der Waals surface area contributed by atoms with Gasteiger partial charge in [0, 0.05) is 18.6 Å². The molecule has 0 heterocycles. The summed E-state index contributed by atoms with van der Waals surface area (Å²) in [6.07, 6.45) is 1.12. The molecule has 0 unspecified atom stereocenters. The van der Waals surface area contributed by atoms with Gasteiger partial charge in [0.1, 0.15) is 0 Å². The highest BCUT2D eigenvalue weighted by Gasteiger charge is 2.12. The molecule has 0 bridgehead atoms. The molecule has 15 heavy (non-hydrogen) atoms. The molecule has 1 rings (SSSR count). The summed E-state index contributed by atoms with van der Waals surface area (Å²) in [4.78, 5) is 2.52. The lowest BCUT2D eigenvalue weighted by molar-refractivity contribution is 0.177. The van der Waals surface area contributed by atoms with E-state index in [-0.39, 0.29) is 0 Å². The van der Waals surface area contributed by atoms with E-state index in [4.69, 9.17) is 0 Å². The number of nitrogens with zero attached hydrogens (tertiary/aromatic N) is 1. The van der Waals surface area contributed by atoms with Crippen molar-refractivity contribution >= 4 is 0 Å². The summed E-state index contributed by atoms with van der Waals surface area (Å²) in [7, 11) is 0. The summed E-state index contributed by atoms with van der Waals surface area (Å²) in [5.74, 6) is 0. The highest BCUT2D eigenvalue weighted by molar-refractivity contribution is 5.13. The first-order valence-corrected chi connectivity index (χ1v) is 5.82. The summed E-state index contributed by atoms with van der Waals surface area (Å²) in [5, 5.41) is 0. The molecule has 0 aromatic heterocycles. The molecule has 0 saturated heterocycles. The standard InChI is InChI=1S/C14H22N/c1-12(2)15(13(3)4)11-10-14-8-6-5-7-9-14/h5-6,8-9,12-13H,10-11H2,1-4H3. The largest absolute Gasteiger partial charge is 0.298 e. The molecule has 83 valence electrons. The van der Waals surface area contributed by atoms with Gasteiger partial charge in [-0.05, 0) is 45.7 Å². The molecule has 0 atom stereocenters. The summed E-state index contributed by atoms with van der Waals surface area (Å²) < 4.78 is 0. The van der Waals surface area contributed by atoms with Crippen LogP contribution >= 0.6 is 0 Å². The van der Waals surface area contributed by atoms with Crippen molar-refractivity contribution in [3.05, 3.63) is 35.9 Å². The van der Waals surface area contributed by atoms with Crippen LogP contribution < -0.4 is 0 Å². The molecule has 0 amide bonds. The second kappa shape index (κ2) is 5.92. The van der Waals surface area contributed by atoms with Gasteiger partial charge in [-0.1, -0.05) is 24.3 Å². The first-order valence-electron chi connectivity index (χ1n) is 5.82. The molecule has 0 aliphatic heterocycles. The first kappa shape index (κ1) is 12.3. The Morgan fingerprint density at radius 2 is 1.87 bits per heavy atom. The lowest BCUT2D eigenvalue weighted by Crippen LogP contribution is -2.38. The van der Waals surface area contributed by atoms with Gasteiger partial charge in [-0.3, -0.25) is 4.90 Å². The quantitative estimate of drug-likeness (QED) is 0.712. The van der Waals surface area contributed by atoms with Gasteiger partial charge in [-0.15, -0.1) is 0 Å². The van der Waals surface area contributed by atoms with Crippen molar-refractivity contribution in [3.8, 4) is 0 Å². The number of rotatable bonds is 5. The fourth-order valence-corrected chi connectivity index (χ4v) is 1.96. The van der Waals surface area contributed by atoms with E-state index in [1.165, 1.54) is 5.56 Å². The van der Waals surface area contributed by atoms with Gasteiger partial charge in [-0.2, -0.15) is 0 Å². The molecule has 1 aromatic rings. The summed E-state index contributed by atoms with van der Waals surface area (Å²) in [5.41, 5.74) is 1.38. The van der Waals surface area contributed by atoms with Crippen LogP contribution in [0, 0.1) is 6.07 Å². The van der Waals surface area contributed by atoms with Crippen LogP contribution in [0.15, 0.2) is 24.3 Å². The van der Waals surface area contributed by atoms with Crippen molar-refractivity contribution in [1.29, 1.82) is 0 Å². The van der Waals surface area contributed by atoms with Crippen LogP contribution in [-0.4, -0.2) is 23.5 Å². The van der Waals surface area contributed by atoms with Gasteiger partial charge in [0.05, 0.1) is 0 Å². The third kappa shape index (κ3) is 4.05. The Morgan fingerprint density at radius 3 is 2.33 bits per heavy atom. The van der Waals surface area contributed by atoms with Crippen LogP contribution in [0.4, 0.5) is 0 Å². The molecule has 1 nitrogen and oxygen atoms in total. The lowest BCUT2D eigenvalue weighted by atomic mass is 10.1. The van der Waals surface area contributed by atoms with Crippen LogP contribution in [0.1, 0.15) is 33.3 Å². The molecule has 1 aromatic carbocycles. The summed E-state index contributed by atoms with van der Waals surface area (Å²) in [6.45, 7) is 10.2. The van der Waals surface area contributed by atoms with Gasteiger partial charge in [0.25, 0.3) is 0 Å². The van der Waals surface area contributed by atoms with Crippen molar-refractivity contribution in [2.45, 2.75) is 46.2 Å². The van der Waals surface area contributed by atoms with E-state index in [0.717, 1.165) is 13.0 Å². The SMILES string of the molecule is CC(C)N(CCc1c[c]ccc1)C(C)C. The van der Waals surface area contributed by atoms with Gasteiger partial charge in [-0.25, -0.2) is 0 Å². The van der Waals surface area contributed by atoms with E-state index in [1.807, 2.05) is 6.07 Å². The number of hydrogen-bond donors (Lipinski definition) is 0. The molecule has 0 fully saturated rings. The highest BCUT2D eigenvalue weighted by Crippen LogP contribution is 2.07. The Kier molecular flexibility index (Phi) is 4.83. The average molecular weight is 204 g/mol. The minimum atomic E-state index is 0.623. The highest BCUT2D eigenvalue weighted by atomic mass is 15.2. The Hall–Kier alpha value is -0.820. The normalized spacial score (nSPS) is 11.7. The molecule has 0 aliphatic rings. The second-order valence-corrected chi connectivity index (χ2v) is 4.59. The van der Waals surface area contributed by atoms with Crippen molar-refractivity contribution in [3.63, 3.8) is 0 Å². The maximum absolute atomic E-state index is 3.12. The van der Waals surface area contributed by atoms with Crippen molar-refractivity contribution in [1.82, 2.24) is 4.90 Å². The fraction of sp³-hybridized carbons (Fsp3) is 0.571. The molecule has 1 heteroatoms. The third-order valence-electron chi connectivity index (χ3n) is 2.76. The summed E-state index contributed by atoms with van der Waals surface area (Å²) in [6, 6.07) is 12.6. The zero-order chi connectivity index (χ0) is 11.3. The monoisotopic (exact) mass is 204 g/mol. The third-order valence-corrected chi connectivity index (χ3v) is 2.76. The van der Waals surface area contributed by atoms with E-state index in [0.29, 0.717) is 12.1 Å². The molecule has 0 aliphatic carbocycles. The Balaban J connectivity index is 2.47. The number of hydrogen-bond acceptors (Lipinski definition) is 1. The molecule has 0 N–H and O–H groups in total. The minimum Gasteiger partial charge on any atom is -0.298 e. The predicted molar refractivity (Wildman–Crippen MR) is 66.0 cm³/mol. The van der Waals surface area contributed by atoms with E-state index >= 15 is 0 Å². The van der Waals surface area contributed by atoms with Crippen molar-refractivity contribution in [2.75, 3.05) is 6.54 Å². The van der Waals surface area contributed by atoms with Crippen LogP contribution in [0.25, 0.3) is 0 Å². The fourth-order valence-electron chi connectivity index (χ4n) is 1.96. The maximum Gasteiger partial charge on any atom is 0.00414 e. The topological polar surface area (TPSA) is 3.24 Å². The molecular formula is C14H22N. The van der Waals surface area contributed by atoms with Crippen molar-refractivity contribution < 1.29 is 0 Å². The van der Waals surface area contributed by atoms with E-state index in [1.54, 1.807) is 0 Å². The zero-order valence-corrected chi connectivity index (χ0v) is 10.3. The van der Waals surface area contributed by atoms with E-state index in [9.17, 15) is 0 Å². The lowest BCUT2D eigenvalue weighted by Gasteiger charge is -2.30. The smallest absolute Gasteiger partial charge is 0.00414 e. The molecule has 0 spiro atoms. The Labute approximate surface area is 94.1 Å². The van der Waals surface area contributed by atoms with Gasteiger partial charge in [0.2, 0.25) is 0 Å². The Bertz CT molecular complexity index is 256. The summed E-state index contributed by atoms with van der Waals surface area (Å²) >= 11 is 0. The molecule has 0 saturated carbocycles. The van der Waals surface area contributed by atoms with Crippen LogP contribution in [0.5, 0.6) is 0 Å². The van der Waals surface area contributed by atoms with E-state index < -0.39 is 0 Å². The zero-order valence-electron chi connectivity index (χ0n) is 10.3. The van der Waals surface area contributed by atoms with Crippen molar-refractivity contribution in [2.24, 2.45) is 0 Å². The van der Waals surface area contributed by atoms with Crippen LogP contribution in [0.2, 0.25) is 0 Å². The van der Waals surface area contributed by atoms with Gasteiger partial charge < -0.3 is 0 Å².